The van der Waals surface area contributed by atoms with Gasteiger partial charge in [0.1, 0.15) is 6.61 Å². The van der Waals surface area contributed by atoms with Crippen LogP contribution in [0.25, 0.3) is 0 Å². The molecule has 1 aromatic rings. The Hall–Kier alpha value is -1.61. The molecule has 0 aromatic heterocycles. The van der Waals surface area contributed by atoms with E-state index in [4.69, 9.17) is 4.74 Å². The Morgan fingerprint density at radius 3 is 2.28 bits per heavy atom. The Morgan fingerprint density at radius 2 is 1.72 bits per heavy atom. The number of hydrogen-bond acceptors (Lipinski definition) is 3. The van der Waals surface area contributed by atoms with Crippen LogP contribution in [-0.4, -0.2) is 24.3 Å². The van der Waals surface area contributed by atoms with E-state index in [0.29, 0.717) is 5.57 Å². The lowest BCUT2D eigenvalue weighted by atomic mass is 9.77. The molecule has 2 rings (SSSR count). The number of aryl methyl sites for hydroxylation is 1. The first kappa shape index (κ1) is 23.7. The fraction of sp³-hybridized carbons (Fsp3) is 0.654. The molecule has 0 radical (unpaired) electrons. The smallest absolute Gasteiger partial charge is 0.333 e. The van der Waals surface area contributed by atoms with Crippen molar-refractivity contribution in [2.24, 2.45) is 11.8 Å². The summed E-state index contributed by atoms with van der Waals surface area (Å²) >= 11 is 0. The average Bonchev–Trinajstić information content (AvgIpc) is 2.74. The summed E-state index contributed by atoms with van der Waals surface area (Å²) in [4.78, 5) is 11.6. The number of aliphatic hydroxyl groups is 1. The molecular weight excluding hydrogens is 360 g/mol. The van der Waals surface area contributed by atoms with E-state index in [2.05, 4.69) is 37.8 Å². The molecule has 1 aliphatic rings. The summed E-state index contributed by atoms with van der Waals surface area (Å²) in [7, 11) is 0. The van der Waals surface area contributed by atoms with Crippen LogP contribution >= 0.6 is 0 Å². The summed E-state index contributed by atoms with van der Waals surface area (Å²) in [6.07, 6.45) is 13.6. The average molecular weight is 401 g/mol. The summed E-state index contributed by atoms with van der Waals surface area (Å²) in [5.41, 5.74) is 2.75. The molecule has 0 heterocycles. The third-order valence-corrected chi connectivity index (χ3v) is 6.46. The number of carbonyl (C=O) groups excluding carboxylic acids is 1. The first-order valence-electron chi connectivity index (χ1n) is 11.6. The summed E-state index contributed by atoms with van der Waals surface area (Å²) in [6.45, 7) is 7.64. The van der Waals surface area contributed by atoms with Crippen LogP contribution in [0.3, 0.4) is 0 Å². The van der Waals surface area contributed by atoms with E-state index < -0.39 is 5.97 Å². The van der Waals surface area contributed by atoms with Gasteiger partial charge in [-0.2, -0.15) is 0 Å². The summed E-state index contributed by atoms with van der Waals surface area (Å²) in [5.74, 6) is 1.27. The molecule has 1 aliphatic carbocycles. The first-order chi connectivity index (χ1) is 14.0. The van der Waals surface area contributed by atoms with Crippen molar-refractivity contribution in [2.75, 3.05) is 13.2 Å². The molecule has 0 spiro atoms. The molecule has 1 saturated carbocycles. The van der Waals surface area contributed by atoms with E-state index >= 15 is 0 Å². The Morgan fingerprint density at radius 1 is 1.10 bits per heavy atom. The van der Waals surface area contributed by atoms with E-state index in [0.717, 1.165) is 23.8 Å². The molecule has 3 nitrogen and oxygen atoms in total. The highest BCUT2D eigenvalue weighted by Crippen LogP contribution is 2.34. The second-order valence-electron chi connectivity index (χ2n) is 8.92. The van der Waals surface area contributed by atoms with Crippen LogP contribution in [0.5, 0.6) is 0 Å². The predicted octanol–water partition coefficient (Wildman–Crippen LogP) is 6.20. The summed E-state index contributed by atoms with van der Waals surface area (Å²) in [5, 5.41) is 9.65. The molecule has 3 heteroatoms. The van der Waals surface area contributed by atoms with E-state index in [-0.39, 0.29) is 19.1 Å². The van der Waals surface area contributed by atoms with Crippen molar-refractivity contribution in [1.82, 2.24) is 0 Å². The fourth-order valence-electron chi connectivity index (χ4n) is 4.37. The van der Waals surface area contributed by atoms with Gasteiger partial charge in [-0.15, -0.1) is 0 Å². The van der Waals surface area contributed by atoms with E-state index in [1.165, 1.54) is 63.4 Å². The normalized spacial score (nSPS) is 20.2. The first-order valence-corrected chi connectivity index (χ1v) is 11.6. The van der Waals surface area contributed by atoms with Gasteiger partial charge in [-0.25, -0.2) is 4.79 Å². The SMILES string of the molecule is C=C(C)C(=O)OCC(CO)c1ccc(CCC2CCC(CCCCC)CC2)cc1. The predicted molar refractivity (Wildman–Crippen MR) is 120 cm³/mol. The third kappa shape index (κ3) is 8.34. The molecule has 29 heavy (non-hydrogen) atoms. The molecule has 0 aliphatic heterocycles. The Kier molecular flexibility index (Phi) is 10.5. The van der Waals surface area contributed by atoms with Crippen LogP contribution < -0.4 is 0 Å². The van der Waals surface area contributed by atoms with E-state index in [9.17, 15) is 9.90 Å². The van der Waals surface area contributed by atoms with Crippen molar-refractivity contribution in [3.05, 3.63) is 47.5 Å². The van der Waals surface area contributed by atoms with Crippen LogP contribution in [0, 0.1) is 11.8 Å². The van der Waals surface area contributed by atoms with Gasteiger partial charge in [0.05, 0.1) is 6.61 Å². The van der Waals surface area contributed by atoms with Gasteiger partial charge < -0.3 is 9.84 Å². The highest BCUT2D eigenvalue weighted by atomic mass is 16.5. The van der Waals surface area contributed by atoms with Crippen LogP contribution in [0.1, 0.15) is 88.7 Å². The molecule has 0 bridgehead atoms. The zero-order valence-corrected chi connectivity index (χ0v) is 18.5. The molecule has 1 atom stereocenters. The minimum atomic E-state index is -0.403. The summed E-state index contributed by atoms with van der Waals surface area (Å²) in [6, 6.07) is 8.45. The molecule has 0 saturated heterocycles. The maximum atomic E-state index is 11.6. The van der Waals surface area contributed by atoms with Crippen LogP contribution in [0.4, 0.5) is 0 Å². The number of esters is 1. The molecule has 1 N–H and O–H groups in total. The Bertz CT molecular complexity index is 611. The molecule has 1 fully saturated rings. The van der Waals surface area contributed by atoms with Crippen LogP contribution in [0.15, 0.2) is 36.4 Å². The Balaban J connectivity index is 1.73. The van der Waals surface area contributed by atoms with Gasteiger partial charge in [0.2, 0.25) is 0 Å². The van der Waals surface area contributed by atoms with Crippen molar-refractivity contribution < 1.29 is 14.6 Å². The molecular formula is C26H40O3. The minimum Gasteiger partial charge on any atom is -0.462 e. The monoisotopic (exact) mass is 400 g/mol. The number of benzene rings is 1. The second-order valence-corrected chi connectivity index (χ2v) is 8.92. The number of hydrogen-bond donors (Lipinski definition) is 1. The van der Waals surface area contributed by atoms with Gasteiger partial charge in [0.15, 0.2) is 0 Å². The van der Waals surface area contributed by atoms with Crippen molar-refractivity contribution in [3.63, 3.8) is 0 Å². The standard InChI is InChI=1S/C26H40O3/c1-4-5-6-7-21-8-10-22(11-9-21)12-13-23-14-16-24(17-15-23)25(18-27)19-29-26(28)20(2)3/h14-17,21-22,25,27H,2,4-13,18-19H2,1,3H3. The molecule has 162 valence electrons. The van der Waals surface area contributed by atoms with Gasteiger partial charge in [-0.1, -0.05) is 89.1 Å². The van der Waals surface area contributed by atoms with Gasteiger partial charge in [-0.05, 0) is 42.7 Å². The highest BCUT2D eigenvalue weighted by molar-refractivity contribution is 5.86. The maximum Gasteiger partial charge on any atom is 0.333 e. The molecule has 1 unspecified atom stereocenters. The number of rotatable bonds is 12. The van der Waals surface area contributed by atoms with Crippen molar-refractivity contribution in [2.45, 2.75) is 84.0 Å². The van der Waals surface area contributed by atoms with E-state index in [1.54, 1.807) is 6.92 Å². The lowest BCUT2D eigenvalue weighted by molar-refractivity contribution is -0.139. The fourth-order valence-corrected chi connectivity index (χ4v) is 4.37. The lowest BCUT2D eigenvalue weighted by Crippen LogP contribution is -2.16. The second kappa shape index (κ2) is 12.8. The van der Waals surface area contributed by atoms with Gasteiger partial charge in [0, 0.05) is 11.5 Å². The number of unbranched alkanes of at least 4 members (excludes halogenated alkanes) is 2. The number of carbonyl (C=O) groups is 1. The van der Waals surface area contributed by atoms with Gasteiger partial charge in [0.25, 0.3) is 0 Å². The van der Waals surface area contributed by atoms with Gasteiger partial charge in [-0.3, -0.25) is 0 Å². The quantitative estimate of drug-likeness (QED) is 0.258. The van der Waals surface area contributed by atoms with Crippen LogP contribution in [-0.2, 0) is 16.0 Å². The minimum absolute atomic E-state index is 0.0374. The van der Waals surface area contributed by atoms with Crippen molar-refractivity contribution in [3.8, 4) is 0 Å². The molecule has 1 aromatic carbocycles. The number of ether oxygens (including phenoxy) is 1. The summed E-state index contributed by atoms with van der Waals surface area (Å²) < 4.78 is 5.21. The maximum absolute atomic E-state index is 11.6. The highest BCUT2D eigenvalue weighted by Gasteiger charge is 2.20. The topological polar surface area (TPSA) is 46.5 Å². The van der Waals surface area contributed by atoms with Crippen molar-refractivity contribution >= 4 is 5.97 Å². The van der Waals surface area contributed by atoms with Gasteiger partial charge >= 0.3 is 5.97 Å². The number of aliphatic hydroxyl groups excluding tert-OH is 1. The largest absolute Gasteiger partial charge is 0.462 e. The van der Waals surface area contributed by atoms with E-state index in [1.807, 2.05) is 0 Å². The third-order valence-electron chi connectivity index (χ3n) is 6.46. The molecule has 0 amide bonds. The van der Waals surface area contributed by atoms with Crippen molar-refractivity contribution in [1.29, 1.82) is 0 Å². The lowest BCUT2D eigenvalue weighted by Gasteiger charge is -2.28. The Labute approximate surface area is 177 Å². The zero-order chi connectivity index (χ0) is 21.1. The zero-order valence-electron chi connectivity index (χ0n) is 18.5. The van der Waals surface area contributed by atoms with Crippen LogP contribution in [0.2, 0.25) is 0 Å².